The standard InChI is InChI=1S/C53H102O6/c1-6-8-9-10-11-12-13-14-15-18-21-24-27-33-38-43-51(54)57-46-50(47-58-52(55)44-39-34-30-29-32-37-42-49(5)7-2)59-53(56)45-40-35-28-25-22-19-16-17-20-23-26-31-36-41-48(3)4/h48-50H,6-47H2,1-5H3/t49?,50-/m0/s1. The third-order valence-electron chi connectivity index (χ3n) is 12.3. The molecule has 0 bridgehead atoms. The van der Waals surface area contributed by atoms with Crippen LogP contribution in [0, 0.1) is 11.8 Å². The molecule has 2 atom stereocenters. The summed E-state index contributed by atoms with van der Waals surface area (Å²) in [6.07, 6.45) is 46.6. The highest BCUT2D eigenvalue weighted by Crippen LogP contribution is 2.18. The van der Waals surface area contributed by atoms with Crippen LogP contribution in [-0.2, 0) is 28.6 Å². The molecule has 0 saturated carbocycles. The lowest BCUT2D eigenvalue weighted by atomic mass is 10.00. The fourth-order valence-electron chi connectivity index (χ4n) is 7.96. The Kier molecular flexibility index (Phi) is 44.7. The molecule has 0 rings (SSSR count). The number of rotatable bonds is 47. The molecule has 6 heteroatoms. The second-order valence-corrected chi connectivity index (χ2v) is 18.9. The molecule has 0 aromatic carbocycles. The Morgan fingerprint density at radius 2 is 0.644 bits per heavy atom. The first kappa shape index (κ1) is 57.4. The minimum absolute atomic E-state index is 0.0641. The minimum atomic E-state index is -0.762. The zero-order valence-corrected chi connectivity index (χ0v) is 40.4. The fraction of sp³-hybridized carbons (Fsp3) is 0.943. The zero-order chi connectivity index (χ0) is 43.3. The molecule has 0 N–H and O–H groups in total. The number of carbonyl (C=O) groups excluding carboxylic acids is 3. The summed E-state index contributed by atoms with van der Waals surface area (Å²) in [4.78, 5) is 37.9. The molecule has 0 saturated heterocycles. The summed E-state index contributed by atoms with van der Waals surface area (Å²) in [6, 6.07) is 0. The maximum Gasteiger partial charge on any atom is 0.306 e. The average molecular weight is 835 g/mol. The molecule has 0 heterocycles. The molecule has 6 nitrogen and oxygen atoms in total. The maximum atomic E-state index is 12.8. The van der Waals surface area contributed by atoms with E-state index in [2.05, 4.69) is 34.6 Å². The Hall–Kier alpha value is -1.59. The van der Waals surface area contributed by atoms with Crippen molar-refractivity contribution >= 4 is 17.9 Å². The van der Waals surface area contributed by atoms with Crippen LogP contribution < -0.4 is 0 Å². The summed E-state index contributed by atoms with van der Waals surface area (Å²) in [5.41, 5.74) is 0. The Balaban J connectivity index is 4.29. The van der Waals surface area contributed by atoms with Gasteiger partial charge in [-0.1, -0.05) is 253 Å². The summed E-state index contributed by atoms with van der Waals surface area (Å²) in [6.45, 7) is 11.4. The maximum absolute atomic E-state index is 12.8. The van der Waals surface area contributed by atoms with Crippen molar-refractivity contribution in [3.05, 3.63) is 0 Å². The van der Waals surface area contributed by atoms with Crippen molar-refractivity contribution < 1.29 is 28.6 Å². The number of unbranched alkanes of at least 4 members (excludes halogenated alkanes) is 31. The van der Waals surface area contributed by atoms with Crippen molar-refractivity contribution in [1.29, 1.82) is 0 Å². The predicted octanol–water partition coefficient (Wildman–Crippen LogP) is 16.9. The molecule has 0 aliphatic heterocycles. The van der Waals surface area contributed by atoms with Crippen molar-refractivity contribution in [2.45, 2.75) is 298 Å². The van der Waals surface area contributed by atoms with Crippen LogP contribution in [0.5, 0.6) is 0 Å². The summed E-state index contributed by atoms with van der Waals surface area (Å²) < 4.78 is 16.8. The minimum Gasteiger partial charge on any atom is -0.462 e. The topological polar surface area (TPSA) is 78.9 Å². The molecule has 0 aromatic rings. The average Bonchev–Trinajstić information content (AvgIpc) is 3.22. The van der Waals surface area contributed by atoms with E-state index in [-0.39, 0.29) is 31.1 Å². The molecule has 0 fully saturated rings. The molecule has 0 aromatic heterocycles. The monoisotopic (exact) mass is 835 g/mol. The second-order valence-electron chi connectivity index (χ2n) is 18.9. The number of carbonyl (C=O) groups is 3. The normalized spacial score (nSPS) is 12.5. The van der Waals surface area contributed by atoms with Crippen LogP contribution in [0.3, 0.4) is 0 Å². The molecule has 59 heavy (non-hydrogen) atoms. The summed E-state index contributed by atoms with van der Waals surface area (Å²) in [5, 5.41) is 0. The van der Waals surface area contributed by atoms with Crippen LogP contribution in [0.15, 0.2) is 0 Å². The van der Waals surface area contributed by atoms with Gasteiger partial charge in [-0.25, -0.2) is 0 Å². The van der Waals surface area contributed by atoms with E-state index in [4.69, 9.17) is 14.2 Å². The Morgan fingerprint density at radius 1 is 0.356 bits per heavy atom. The Labute approximate surface area is 368 Å². The van der Waals surface area contributed by atoms with Crippen LogP contribution in [0.2, 0.25) is 0 Å². The molecule has 0 radical (unpaired) electrons. The van der Waals surface area contributed by atoms with Gasteiger partial charge in [0.25, 0.3) is 0 Å². The molecular formula is C53H102O6. The van der Waals surface area contributed by atoms with Gasteiger partial charge in [0.15, 0.2) is 6.10 Å². The van der Waals surface area contributed by atoms with E-state index in [0.717, 1.165) is 69.6 Å². The van der Waals surface area contributed by atoms with Crippen LogP contribution in [0.25, 0.3) is 0 Å². The van der Waals surface area contributed by atoms with Gasteiger partial charge in [0.05, 0.1) is 0 Å². The quantitative estimate of drug-likeness (QED) is 0.0345. The van der Waals surface area contributed by atoms with Gasteiger partial charge in [-0.15, -0.1) is 0 Å². The lowest BCUT2D eigenvalue weighted by Gasteiger charge is -2.18. The van der Waals surface area contributed by atoms with Crippen molar-refractivity contribution in [3.8, 4) is 0 Å². The largest absolute Gasteiger partial charge is 0.462 e. The number of hydrogen-bond acceptors (Lipinski definition) is 6. The van der Waals surface area contributed by atoms with Gasteiger partial charge in [0.2, 0.25) is 0 Å². The van der Waals surface area contributed by atoms with Crippen LogP contribution in [0.4, 0.5) is 0 Å². The van der Waals surface area contributed by atoms with Gasteiger partial charge < -0.3 is 14.2 Å². The van der Waals surface area contributed by atoms with Crippen LogP contribution in [-0.4, -0.2) is 37.2 Å². The molecule has 350 valence electrons. The molecule has 1 unspecified atom stereocenters. The Bertz CT molecular complexity index is 902. The van der Waals surface area contributed by atoms with E-state index in [1.807, 2.05) is 0 Å². The molecular weight excluding hydrogens is 733 g/mol. The predicted molar refractivity (Wildman–Crippen MR) is 252 cm³/mol. The van der Waals surface area contributed by atoms with Gasteiger partial charge in [-0.3, -0.25) is 14.4 Å². The zero-order valence-electron chi connectivity index (χ0n) is 40.4. The van der Waals surface area contributed by atoms with E-state index in [1.54, 1.807) is 0 Å². The van der Waals surface area contributed by atoms with Crippen molar-refractivity contribution in [1.82, 2.24) is 0 Å². The number of esters is 3. The van der Waals surface area contributed by atoms with E-state index < -0.39 is 6.10 Å². The van der Waals surface area contributed by atoms with Crippen LogP contribution in [0.1, 0.15) is 291 Å². The first-order valence-electron chi connectivity index (χ1n) is 26.3. The van der Waals surface area contributed by atoms with Crippen molar-refractivity contribution in [2.75, 3.05) is 13.2 Å². The number of ether oxygens (including phenoxy) is 3. The molecule has 0 aliphatic rings. The van der Waals surface area contributed by atoms with Crippen molar-refractivity contribution in [3.63, 3.8) is 0 Å². The lowest BCUT2D eigenvalue weighted by Crippen LogP contribution is -2.30. The third-order valence-corrected chi connectivity index (χ3v) is 12.3. The SMILES string of the molecule is CCCCCCCCCCCCCCCCCC(=O)OC[C@@H](COC(=O)CCCCCCCCC(C)CC)OC(=O)CCCCCCCCCCCCCCCC(C)C. The van der Waals surface area contributed by atoms with Gasteiger partial charge in [0, 0.05) is 19.3 Å². The van der Waals surface area contributed by atoms with Gasteiger partial charge in [0.1, 0.15) is 13.2 Å². The van der Waals surface area contributed by atoms with E-state index in [9.17, 15) is 14.4 Å². The lowest BCUT2D eigenvalue weighted by molar-refractivity contribution is -0.167. The van der Waals surface area contributed by atoms with Crippen LogP contribution >= 0.6 is 0 Å². The number of hydrogen-bond donors (Lipinski definition) is 0. The highest BCUT2D eigenvalue weighted by molar-refractivity contribution is 5.71. The molecule has 0 spiro atoms. The fourth-order valence-corrected chi connectivity index (χ4v) is 7.96. The van der Waals surface area contributed by atoms with Gasteiger partial charge >= 0.3 is 17.9 Å². The van der Waals surface area contributed by atoms with Gasteiger partial charge in [-0.2, -0.15) is 0 Å². The highest BCUT2D eigenvalue weighted by atomic mass is 16.6. The first-order valence-corrected chi connectivity index (χ1v) is 26.3. The first-order chi connectivity index (χ1) is 28.8. The van der Waals surface area contributed by atoms with Crippen molar-refractivity contribution in [2.24, 2.45) is 11.8 Å². The van der Waals surface area contributed by atoms with Gasteiger partial charge in [-0.05, 0) is 31.1 Å². The molecule has 0 amide bonds. The summed E-state index contributed by atoms with van der Waals surface area (Å²) in [7, 11) is 0. The van der Waals surface area contributed by atoms with E-state index >= 15 is 0 Å². The summed E-state index contributed by atoms with van der Waals surface area (Å²) in [5.74, 6) is 0.803. The van der Waals surface area contributed by atoms with E-state index in [1.165, 1.54) is 180 Å². The second kappa shape index (κ2) is 45.9. The third kappa shape index (κ3) is 45.8. The smallest absolute Gasteiger partial charge is 0.306 e. The summed E-state index contributed by atoms with van der Waals surface area (Å²) >= 11 is 0. The Morgan fingerprint density at radius 3 is 0.966 bits per heavy atom. The molecule has 0 aliphatic carbocycles. The van der Waals surface area contributed by atoms with E-state index in [0.29, 0.717) is 19.3 Å². The highest BCUT2D eigenvalue weighted by Gasteiger charge is 2.19.